The fourth-order valence-electron chi connectivity index (χ4n) is 1.49. The maximum Gasteiger partial charge on any atom is 0.221 e. The van der Waals surface area contributed by atoms with Gasteiger partial charge in [0.25, 0.3) is 0 Å². The summed E-state index contributed by atoms with van der Waals surface area (Å²) in [6.07, 6.45) is 0.0398. The van der Waals surface area contributed by atoms with Gasteiger partial charge in [-0.15, -0.1) is 0 Å². The minimum atomic E-state index is -0.567. The molecule has 20 heavy (non-hydrogen) atoms. The Morgan fingerprint density at radius 1 is 1.20 bits per heavy atom. The summed E-state index contributed by atoms with van der Waals surface area (Å²) in [5.41, 5.74) is 0. The first-order valence-corrected chi connectivity index (χ1v) is 7.29. The molecule has 0 heterocycles. The highest BCUT2D eigenvalue weighted by Gasteiger charge is 2.06. The van der Waals surface area contributed by atoms with Crippen LogP contribution in [0.2, 0.25) is 0 Å². The quantitative estimate of drug-likeness (QED) is 0.450. The van der Waals surface area contributed by atoms with Crippen LogP contribution in [0.4, 0.5) is 0 Å². The van der Waals surface area contributed by atoms with Gasteiger partial charge in [0.1, 0.15) is 0 Å². The van der Waals surface area contributed by atoms with E-state index in [-0.39, 0.29) is 24.7 Å². The lowest BCUT2D eigenvalue weighted by Crippen LogP contribution is -2.35. The van der Waals surface area contributed by atoms with E-state index in [1.807, 2.05) is 27.7 Å². The van der Waals surface area contributed by atoms with Gasteiger partial charge in [0, 0.05) is 25.6 Å². The SMILES string of the molecule is CC(C)NC(=O)CCNCC(O)COCCOC(C)C. The molecule has 0 aromatic heterocycles. The maximum atomic E-state index is 11.3. The molecule has 0 bridgehead atoms. The molecule has 3 N–H and O–H groups in total. The van der Waals surface area contributed by atoms with Crippen LogP contribution >= 0.6 is 0 Å². The molecule has 0 saturated heterocycles. The molecule has 1 atom stereocenters. The zero-order valence-corrected chi connectivity index (χ0v) is 13.1. The van der Waals surface area contributed by atoms with Gasteiger partial charge in [0.05, 0.1) is 32.0 Å². The number of rotatable bonds is 12. The number of hydrogen-bond acceptors (Lipinski definition) is 5. The normalized spacial score (nSPS) is 12.9. The Morgan fingerprint density at radius 2 is 1.90 bits per heavy atom. The van der Waals surface area contributed by atoms with Crippen molar-refractivity contribution in [1.82, 2.24) is 10.6 Å². The Morgan fingerprint density at radius 3 is 2.50 bits per heavy atom. The number of ether oxygens (including phenoxy) is 2. The molecule has 0 aliphatic rings. The van der Waals surface area contributed by atoms with Gasteiger partial charge in [-0.25, -0.2) is 0 Å². The third-order valence-corrected chi connectivity index (χ3v) is 2.35. The Labute approximate surface area is 122 Å². The third kappa shape index (κ3) is 13.7. The van der Waals surface area contributed by atoms with Crippen LogP contribution in [0.3, 0.4) is 0 Å². The van der Waals surface area contributed by atoms with Crippen LogP contribution in [-0.2, 0) is 14.3 Å². The molecule has 120 valence electrons. The van der Waals surface area contributed by atoms with E-state index in [0.29, 0.717) is 32.7 Å². The zero-order valence-electron chi connectivity index (χ0n) is 13.1. The average Bonchev–Trinajstić information content (AvgIpc) is 2.33. The minimum Gasteiger partial charge on any atom is -0.389 e. The van der Waals surface area contributed by atoms with Crippen LogP contribution in [0.25, 0.3) is 0 Å². The summed E-state index contributed by atoms with van der Waals surface area (Å²) in [4.78, 5) is 11.3. The molecule has 0 radical (unpaired) electrons. The first-order valence-electron chi connectivity index (χ1n) is 7.29. The molecule has 1 amide bonds. The summed E-state index contributed by atoms with van der Waals surface area (Å²) >= 11 is 0. The Bertz CT molecular complexity index is 247. The zero-order chi connectivity index (χ0) is 15.4. The molecule has 0 aliphatic heterocycles. The highest BCUT2D eigenvalue weighted by molar-refractivity contribution is 5.76. The van der Waals surface area contributed by atoms with Crippen molar-refractivity contribution in [2.45, 2.75) is 52.4 Å². The van der Waals surface area contributed by atoms with Crippen molar-refractivity contribution in [1.29, 1.82) is 0 Å². The number of nitrogens with one attached hydrogen (secondary N) is 2. The molecule has 0 rings (SSSR count). The summed E-state index contributed by atoms with van der Waals surface area (Å²) in [5.74, 6) is 0.0177. The predicted octanol–water partition coefficient (Wildman–Crippen LogP) is 0.293. The van der Waals surface area contributed by atoms with Crippen LogP contribution in [0.1, 0.15) is 34.1 Å². The first kappa shape index (κ1) is 19.3. The second-order valence-electron chi connectivity index (χ2n) is 5.32. The fraction of sp³-hybridized carbons (Fsp3) is 0.929. The number of carbonyl (C=O) groups excluding carboxylic acids is 1. The van der Waals surface area contributed by atoms with Gasteiger partial charge in [-0.05, 0) is 27.7 Å². The van der Waals surface area contributed by atoms with Crippen LogP contribution in [0, 0.1) is 0 Å². The number of amides is 1. The molecule has 0 fully saturated rings. The molecule has 6 nitrogen and oxygen atoms in total. The van der Waals surface area contributed by atoms with Crippen molar-refractivity contribution in [3.05, 3.63) is 0 Å². The van der Waals surface area contributed by atoms with E-state index in [4.69, 9.17) is 9.47 Å². The topological polar surface area (TPSA) is 79.8 Å². The van der Waals surface area contributed by atoms with Crippen molar-refractivity contribution in [3.8, 4) is 0 Å². The van der Waals surface area contributed by atoms with Crippen LogP contribution in [-0.4, -0.2) is 62.2 Å². The standard InChI is InChI=1S/C14H30N2O4/c1-11(2)16-14(18)5-6-15-9-13(17)10-19-7-8-20-12(3)4/h11-13,15,17H,5-10H2,1-4H3,(H,16,18). The lowest BCUT2D eigenvalue weighted by Gasteiger charge is -2.13. The van der Waals surface area contributed by atoms with Gasteiger partial charge in [-0.3, -0.25) is 4.79 Å². The van der Waals surface area contributed by atoms with Gasteiger partial charge in [-0.2, -0.15) is 0 Å². The Hall–Kier alpha value is -0.690. The molecule has 0 aromatic rings. The Kier molecular flexibility index (Phi) is 11.7. The highest BCUT2D eigenvalue weighted by Crippen LogP contribution is 1.89. The van der Waals surface area contributed by atoms with E-state index in [2.05, 4.69) is 10.6 Å². The van der Waals surface area contributed by atoms with Gasteiger partial charge in [0.15, 0.2) is 0 Å². The average molecular weight is 290 g/mol. The van der Waals surface area contributed by atoms with Crippen LogP contribution in [0.5, 0.6) is 0 Å². The molecular formula is C14H30N2O4. The first-order chi connectivity index (χ1) is 9.41. The second-order valence-corrected chi connectivity index (χ2v) is 5.32. The van der Waals surface area contributed by atoms with Gasteiger partial charge in [0.2, 0.25) is 5.91 Å². The van der Waals surface area contributed by atoms with Gasteiger partial charge < -0.3 is 25.2 Å². The number of carbonyl (C=O) groups is 1. The van der Waals surface area contributed by atoms with E-state index in [1.54, 1.807) is 0 Å². The lowest BCUT2D eigenvalue weighted by atomic mass is 10.3. The molecule has 0 saturated carbocycles. The molecule has 1 unspecified atom stereocenters. The number of hydrogen-bond donors (Lipinski definition) is 3. The number of aliphatic hydroxyl groups excluding tert-OH is 1. The summed E-state index contributed by atoms with van der Waals surface area (Å²) in [6, 6.07) is 0.162. The largest absolute Gasteiger partial charge is 0.389 e. The van der Waals surface area contributed by atoms with Crippen molar-refractivity contribution in [2.24, 2.45) is 0 Å². The van der Waals surface area contributed by atoms with E-state index in [1.165, 1.54) is 0 Å². The number of aliphatic hydroxyl groups is 1. The molecule has 0 aromatic carbocycles. The third-order valence-electron chi connectivity index (χ3n) is 2.35. The van der Waals surface area contributed by atoms with Crippen molar-refractivity contribution in [2.75, 3.05) is 32.9 Å². The molecule has 0 spiro atoms. The Balaban J connectivity index is 3.36. The van der Waals surface area contributed by atoms with E-state index in [9.17, 15) is 9.90 Å². The lowest BCUT2D eigenvalue weighted by molar-refractivity contribution is -0.121. The van der Waals surface area contributed by atoms with Crippen LogP contribution < -0.4 is 10.6 Å². The van der Waals surface area contributed by atoms with Crippen LogP contribution in [0.15, 0.2) is 0 Å². The van der Waals surface area contributed by atoms with Gasteiger partial charge >= 0.3 is 0 Å². The summed E-state index contributed by atoms with van der Waals surface area (Å²) in [6.45, 7) is 10.0. The predicted molar refractivity (Wildman–Crippen MR) is 78.7 cm³/mol. The van der Waals surface area contributed by atoms with E-state index >= 15 is 0 Å². The minimum absolute atomic E-state index is 0.0177. The van der Waals surface area contributed by atoms with Crippen molar-refractivity contribution in [3.63, 3.8) is 0 Å². The highest BCUT2D eigenvalue weighted by atomic mass is 16.5. The summed E-state index contributed by atoms with van der Waals surface area (Å²) in [5, 5.41) is 15.5. The summed E-state index contributed by atoms with van der Waals surface area (Å²) < 4.78 is 10.6. The van der Waals surface area contributed by atoms with E-state index < -0.39 is 6.10 Å². The maximum absolute atomic E-state index is 11.3. The summed E-state index contributed by atoms with van der Waals surface area (Å²) in [7, 11) is 0. The van der Waals surface area contributed by atoms with Crippen molar-refractivity contribution >= 4 is 5.91 Å². The van der Waals surface area contributed by atoms with Crippen molar-refractivity contribution < 1.29 is 19.4 Å². The second kappa shape index (κ2) is 12.1. The fourth-order valence-corrected chi connectivity index (χ4v) is 1.49. The molecular weight excluding hydrogens is 260 g/mol. The monoisotopic (exact) mass is 290 g/mol. The van der Waals surface area contributed by atoms with Gasteiger partial charge in [-0.1, -0.05) is 0 Å². The van der Waals surface area contributed by atoms with E-state index in [0.717, 1.165) is 0 Å². The smallest absolute Gasteiger partial charge is 0.221 e. The molecule has 0 aliphatic carbocycles. The molecule has 6 heteroatoms.